The number of amides is 2. The van der Waals surface area contributed by atoms with Crippen molar-refractivity contribution in [3.05, 3.63) is 71.5 Å². The first kappa shape index (κ1) is 22.6. The molecule has 5 nitrogen and oxygen atoms in total. The number of benzene rings is 2. The van der Waals surface area contributed by atoms with Crippen LogP contribution in [0.25, 0.3) is 0 Å². The minimum absolute atomic E-state index is 0.113. The number of halogens is 1. The van der Waals surface area contributed by atoms with Crippen LogP contribution in [-0.4, -0.2) is 43.0 Å². The second-order valence-corrected chi connectivity index (χ2v) is 6.95. The van der Waals surface area contributed by atoms with Crippen molar-refractivity contribution in [2.24, 2.45) is 0 Å². The number of rotatable bonds is 11. The van der Waals surface area contributed by atoms with E-state index < -0.39 is 6.04 Å². The molecule has 2 aromatic rings. The number of nitrogens with one attached hydrogen (secondary N) is 1. The van der Waals surface area contributed by atoms with E-state index in [9.17, 15) is 14.0 Å². The van der Waals surface area contributed by atoms with Crippen molar-refractivity contribution >= 4 is 11.8 Å². The second-order valence-electron chi connectivity index (χ2n) is 6.95. The standard InChI is InChI=1S/C23H29FN2O3/c1-18(23(28)25-15-6-16-29-2)26(17-20-9-12-21(24)13-10-20)22(27)14-11-19-7-4-3-5-8-19/h3-5,7-10,12-13,18H,6,11,14-17H2,1-2H3,(H,25,28)/t18-/m0/s1. The number of carbonyl (C=O) groups excluding carboxylic acids is 2. The number of aryl methyl sites for hydroxylation is 1. The molecule has 156 valence electrons. The lowest BCUT2D eigenvalue weighted by Crippen LogP contribution is -2.48. The highest BCUT2D eigenvalue weighted by Crippen LogP contribution is 2.13. The number of methoxy groups -OCH3 is 1. The van der Waals surface area contributed by atoms with Crippen molar-refractivity contribution in [3.63, 3.8) is 0 Å². The van der Waals surface area contributed by atoms with Crippen molar-refractivity contribution in [2.75, 3.05) is 20.3 Å². The van der Waals surface area contributed by atoms with E-state index in [-0.39, 0.29) is 24.2 Å². The van der Waals surface area contributed by atoms with Crippen LogP contribution in [-0.2, 0) is 27.3 Å². The van der Waals surface area contributed by atoms with Crippen LogP contribution in [0.15, 0.2) is 54.6 Å². The molecule has 0 bridgehead atoms. The molecular formula is C23H29FN2O3. The molecule has 2 amide bonds. The second kappa shape index (κ2) is 12.0. The van der Waals surface area contributed by atoms with E-state index in [4.69, 9.17) is 4.74 Å². The molecule has 0 radical (unpaired) electrons. The normalized spacial score (nSPS) is 11.7. The van der Waals surface area contributed by atoms with E-state index in [2.05, 4.69) is 5.32 Å². The van der Waals surface area contributed by atoms with Gasteiger partial charge < -0.3 is 15.0 Å². The Hall–Kier alpha value is -2.73. The topological polar surface area (TPSA) is 58.6 Å². The maximum atomic E-state index is 13.2. The van der Waals surface area contributed by atoms with Gasteiger partial charge in [-0.15, -0.1) is 0 Å². The van der Waals surface area contributed by atoms with Gasteiger partial charge in [-0.2, -0.15) is 0 Å². The number of hydrogen-bond donors (Lipinski definition) is 1. The summed E-state index contributed by atoms with van der Waals surface area (Å²) < 4.78 is 18.2. The predicted octanol–water partition coefficient (Wildman–Crippen LogP) is 3.33. The van der Waals surface area contributed by atoms with Gasteiger partial charge in [0, 0.05) is 33.2 Å². The van der Waals surface area contributed by atoms with E-state index in [1.54, 1.807) is 31.1 Å². The first-order chi connectivity index (χ1) is 14.0. The van der Waals surface area contributed by atoms with Crippen LogP contribution in [0, 0.1) is 5.82 Å². The Morgan fingerprint density at radius 2 is 1.76 bits per heavy atom. The Morgan fingerprint density at radius 3 is 2.41 bits per heavy atom. The average Bonchev–Trinajstić information content (AvgIpc) is 2.74. The molecule has 0 aliphatic rings. The van der Waals surface area contributed by atoms with Gasteiger partial charge >= 0.3 is 0 Å². The van der Waals surface area contributed by atoms with Gasteiger partial charge in [-0.1, -0.05) is 42.5 Å². The summed E-state index contributed by atoms with van der Waals surface area (Å²) in [6, 6.07) is 15.1. The third kappa shape index (κ3) is 7.66. The SMILES string of the molecule is COCCCNC(=O)[C@H](C)N(Cc1ccc(F)cc1)C(=O)CCc1ccccc1. The molecule has 0 heterocycles. The summed E-state index contributed by atoms with van der Waals surface area (Å²) in [7, 11) is 1.61. The molecule has 0 saturated carbocycles. The van der Waals surface area contributed by atoms with E-state index in [0.29, 0.717) is 32.4 Å². The zero-order valence-corrected chi connectivity index (χ0v) is 17.1. The highest BCUT2D eigenvalue weighted by molar-refractivity contribution is 5.87. The van der Waals surface area contributed by atoms with Crippen LogP contribution in [0.3, 0.4) is 0 Å². The van der Waals surface area contributed by atoms with E-state index in [0.717, 1.165) is 11.1 Å². The fourth-order valence-corrected chi connectivity index (χ4v) is 2.98. The molecule has 0 fully saturated rings. The Morgan fingerprint density at radius 1 is 1.07 bits per heavy atom. The Balaban J connectivity index is 2.05. The summed E-state index contributed by atoms with van der Waals surface area (Å²) in [5.41, 5.74) is 1.85. The van der Waals surface area contributed by atoms with Crippen molar-refractivity contribution in [3.8, 4) is 0 Å². The van der Waals surface area contributed by atoms with E-state index in [1.165, 1.54) is 12.1 Å². The van der Waals surface area contributed by atoms with Crippen LogP contribution in [0.1, 0.15) is 30.9 Å². The molecule has 2 aromatic carbocycles. The third-order valence-corrected chi connectivity index (χ3v) is 4.73. The van der Waals surface area contributed by atoms with E-state index in [1.807, 2.05) is 30.3 Å². The van der Waals surface area contributed by atoms with Crippen LogP contribution in [0.2, 0.25) is 0 Å². The van der Waals surface area contributed by atoms with Gasteiger partial charge in [-0.3, -0.25) is 9.59 Å². The van der Waals surface area contributed by atoms with Crippen molar-refractivity contribution in [1.29, 1.82) is 0 Å². The molecule has 0 spiro atoms. The van der Waals surface area contributed by atoms with Gasteiger partial charge in [0.05, 0.1) is 0 Å². The molecule has 0 saturated heterocycles. The predicted molar refractivity (Wildman–Crippen MR) is 111 cm³/mol. The first-order valence-corrected chi connectivity index (χ1v) is 9.85. The Kier molecular flexibility index (Phi) is 9.31. The molecule has 0 aromatic heterocycles. The van der Waals surface area contributed by atoms with Crippen LogP contribution in [0.5, 0.6) is 0 Å². The molecule has 1 atom stereocenters. The summed E-state index contributed by atoms with van der Waals surface area (Å²) in [5.74, 6) is -0.659. The number of nitrogens with zero attached hydrogens (tertiary/aromatic N) is 1. The van der Waals surface area contributed by atoms with Crippen LogP contribution >= 0.6 is 0 Å². The molecule has 0 aliphatic heterocycles. The maximum Gasteiger partial charge on any atom is 0.242 e. The molecular weight excluding hydrogens is 371 g/mol. The maximum absolute atomic E-state index is 13.2. The summed E-state index contributed by atoms with van der Waals surface area (Å²) in [5, 5.41) is 2.85. The summed E-state index contributed by atoms with van der Waals surface area (Å²) in [6.45, 7) is 3.01. The summed E-state index contributed by atoms with van der Waals surface area (Å²) >= 11 is 0. The minimum Gasteiger partial charge on any atom is -0.385 e. The molecule has 1 N–H and O–H groups in total. The lowest BCUT2D eigenvalue weighted by molar-refractivity contribution is -0.140. The van der Waals surface area contributed by atoms with Crippen molar-refractivity contribution < 1.29 is 18.7 Å². The zero-order chi connectivity index (χ0) is 21.1. The van der Waals surface area contributed by atoms with Gasteiger partial charge in [0.15, 0.2) is 0 Å². The lowest BCUT2D eigenvalue weighted by atomic mass is 10.1. The number of hydrogen-bond acceptors (Lipinski definition) is 3. The smallest absolute Gasteiger partial charge is 0.242 e. The quantitative estimate of drug-likeness (QED) is 0.589. The lowest BCUT2D eigenvalue weighted by Gasteiger charge is -2.29. The van der Waals surface area contributed by atoms with Crippen LogP contribution in [0.4, 0.5) is 4.39 Å². The fraction of sp³-hybridized carbons (Fsp3) is 0.391. The van der Waals surface area contributed by atoms with Gasteiger partial charge in [0.25, 0.3) is 0 Å². The molecule has 6 heteroatoms. The fourth-order valence-electron chi connectivity index (χ4n) is 2.98. The monoisotopic (exact) mass is 400 g/mol. The number of carbonyl (C=O) groups is 2. The van der Waals surface area contributed by atoms with Crippen molar-refractivity contribution in [1.82, 2.24) is 10.2 Å². The largest absolute Gasteiger partial charge is 0.385 e. The number of ether oxygens (including phenoxy) is 1. The highest BCUT2D eigenvalue weighted by atomic mass is 19.1. The molecule has 0 aliphatic carbocycles. The summed E-state index contributed by atoms with van der Waals surface area (Å²) in [4.78, 5) is 27.1. The average molecular weight is 400 g/mol. The van der Waals surface area contributed by atoms with Gasteiger partial charge in [0.1, 0.15) is 11.9 Å². The zero-order valence-electron chi connectivity index (χ0n) is 17.1. The molecule has 2 rings (SSSR count). The van der Waals surface area contributed by atoms with Crippen LogP contribution < -0.4 is 5.32 Å². The third-order valence-electron chi connectivity index (χ3n) is 4.73. The highest BCUT2D eigenvalue weighted by Gasteiger charge is 2.25. The van der Waals surface area contributed by atoms with Gasteiger partial charge in [0.2, 0.25) is 11.8 Å². The molecule has 29 heavy (non-hydrogen) atoms. The van der Waals surface area contributed by atoms with Gasteiger partial charge in [-0.05, 0) is 43.0 Å². The van der Waals surface area contributed by atoms with E-state index >= 15 is 0 Å². The van der Waals surface area contributed by atoms with Crippen molar-refractivity contribution in [2.45, 2.75) is 38.8 Å². The minimum atomic E-state index is -0.633. The van der Waals surface area contributed by atoms with Gasteiger partial charge in [-0.25, -0.2) is 4.39 Å². The Bertz CT molecular complexity index is 765. The Labute approximate surface area is 171 Å². The summed E-state index contributed by atoms with van der Waals surface area (Å²) in [6.07, 6.45) is 1.60. The first-order valence-electron chi connectivity index (χ1n) is 9.85. The molecule has 0 unspecified atom stereocenters.